The first-order valence-corrected chi connectivity index (χ1v) is 3.67. The Morgan fingerprint density at radius 3 is 1.91 bits per heavy atom. The van der Waals surface area contributed by atoms with Gasteiger partial charge in [0.25, 0.3) is 0 Å². The van der Waals surface area contributed by atoms with E-state index in [0.717, 1.165) is 0 Å². The zero-order chi connectivity index (χ0) is 9.28. The van der Waals surface area contributed by atoms with E-state index in [1.165, 1.54) is 0 Å². The van der Waals surface area contributed by atoms with E-state index in [9.17, 15) is 17.7 Å². The van der Waals surface area contributed by atoms with E-state index in [4.69, 9.17) is 9.79 Å². The van der Waals surface area contributed by atoms with Crippen molar-refractivity contribution in [2.45, 2.75) is 6.18 Å². The number of rotatable bonds is 2. The van der Waals surface area contributed by atoms with Crippen LogP contribution in [0.4, 0.5) is 13.2 Å². The molecule has 66 valence electrons. The van der Waals surface area contributed by atoms with Crippen LogP contribution in [0, 0.1) is 0 Å². The van der Waals surface area contributed by atoms with Gasteiger partial charge in [-0.2, -0.15) is 13.2 Å². The lowest BCUT2D eigenvalue weighted by Gasteiger charge is -2.11. The Balaban J connectivity index is 4.23. The SMILES string of the molecule is C=C(OP(=O)(O)O)C(F)(F)F. The Morgan fingerprint density at radius 2 is 1.82 bits per heavy atom. The van der Waals surface area contributed by atoms with E-state index in [1.54, 1.807) is 0 Å². The quantitative estimate of drug-likeness (QED) is 0.509. The van der Waals surface area contributed by atoms with Gasteiger partial charge in [0.15, 0.2) is 0 Å². The second kappa shape index (κ2) is 2.84. The highest BCUT2D eigenvalue weighted by Crippen LogP contribution is 2.42. The Bertz CT molecular complexity index is 203. The van der Waals surface area contributed by atoms with Crippen molar-refractivity contribution in [2.75, 3.05) is 0 Å². The molecule has 0 fully saturated rings. The molecule has 0 atom stereocenters. The lowest BCUT2D eigenvalue weighted by atomic mass is 10.6. The molecule has 8 heteroatoms. The molecule has 0 aliphatic rings. The van der Waals surface area contributed by atoms with Gasteiger partial charge in [-0.1, -0.05) is 6.58 Å². The first kappa shape index (κ1) is 10.5. The van der Waals surface area contributed by atoms with E-state index >= 15 is 0 Å². The molecule has 0 spiro atoms. The molecule has 0 rings (SSSR count). The molecule has 4 nitrogen and oxygen atoms in total. The fourth-order valence-electron chi connectivity index (χ4n) is 0.195. The molecule has 2 N–H and O–H groups in total. The predicted octanol–water partition coefficient (Wildman–Crippen LogP) is 1.17. The fraction of sp³-hybridized carbons (Fsp3) is 0.333. The molecule has 0 bridgehead atoms. The molecule has 0 heterocycles. The van der Waals surface area contributed by atoms with Crippen molar-refractivity contribution in [2.24, 2.45) is 0 Å². The largest absolute Gasteiger partial charge is 0.524 e. The van der Waals surface area contributed by atoms with Crippen LogP contribution in [0.15, 0.2) is 12.3 Å². The standard InChI is InChI=1S/C3H4F3O4P/c1-2(3(4,5)6)10-11(7,8)9/h1H2,(H2,7,8,9). The highest BCUT2D eigenvalue weighted by Gasteiger charge is 2.37. The van der Waals surface area contributed by atoms with Crippen molar-refractivity contribution in [3.05, 3.63) is 12.3 Å². The zero-order valence-corrected chi connectivity index (χ0v) is 5.89. The summed E-state index contributed by atoms with van der Waals surface area (Å²) in [6.07, 6.45) is -4.94. The minimum atomic E-state index is -5.14. The predicted molar refractivity (Wildman–Crippen MR) is 28.3 cm³/mol. The summed E-state index contributed by atoms with van der Waals surface area (Å²) in [6, 6.07) is 0. The van der Waals surface area contributed by atoms with Crippen LogP contribution in [0.1, 0.15) is 0 Å². The third-order valence-electron chi connectivity index (χ3n) is 0.545. The molecule has 0 aromatic heterocycles. The van der Waals surface area contributed by atoms with Crippen LogP contribution in [0.3, 0.4) is 0 Å². The Labute approximate surface area is 59.5 Å². The Kier molecular flexibility index (Phi) is 2.71. The van der Waals surface area contributed by atoms with E-state index in [0.29, 0.717) is 0 Å². The van der Waals surface area contributed by atoms with Gasteiger partial charge in [0.2, 0.25) is 5.76 Å². The van der Waals surface area contributed by atoms with Gasteiger partial charge in [-0.05, 0) is 0 Å². The Morgan fingerprint density at radius 1 is 1.45 bits per heavy atom. The number of allylic oxidation sites excluding steroid dienone is 1. The van der Waals surface area contributed by atoms with Gasteiger partial charge < -0.3 is 4.52 Å². The molecule has 0 aromatic rings. The molecular weight excluding hydrogens is 188 g/mol. The maximum absolute atomic E-state index is 11.4. The lowest BCUT2D eigenvalue weighted by molar-refractivity contribution is -0.118. The second-order valence-electron chi connectivity index (χ2n) is 1.50. The number of halogens is 3. The van der Waals surface area contributed by atoms with Gasteiger partial charge in [0.1, 0.15) is 0 Å². The summed E-state index contributed by atoms with van der Waals surface area (Å²) in [5.41, 5.74) is 0. The number of hydrogen-bond donors (Lipinski definition) is 2. The van der Waals surface area contributed by atoms with E-state index in [-0.39, 0.29) is 0 Å². The van der Waals surface area contributed by atoms with E-state index in [2.05, 4.69) is 11.1 Å². The summed E-state index contributed by atoms with van der Waals surface area (Å²) in [4.78, 5) is 15.8. The molecule has 0 aromatic carbocycles. The lowest BCUT2D eigenvalue weighted by Crippen LogP contribution is -2.12. The maximum Gasteiger partial charge on any atom is 0.524 e. The summed E-state index contributed by atoms with van der Waals surface area (Å²) >= 11 is 0. The topological polar surface area (TPSA) is 66.8 Å². The minimum Gasteiger partial charge on any atom is -0.400 e. The average Bonchev–Trinajstić information content (AvgIpc) is 1.56. The van der Waals surface area contributed by atoms with E-state index in [1.807, 2.05) is 0 Å². The smallest absolute Gasteiger partial charge is 0.400 e. The second-order valence-corrected chi connectivity index (χ2v) is 2.67. The van der Waals surface area contributed by atoms with E-state index < -0.39 is 19.8 Å². The summed E-state index contributed by atoms with van der Waals surface area (Å²) in [5.74, 6) is -1.91. The van der Waals surface area contributed by atoms with Gasteiger partial charge in [0.05, 0.1) is 0 Å². The van der Waals surface area contributed by atoms with Crippen molar-refractivity contribution in [3.8, 4) is 0 Å². The van der Waals surface area contributed by atoms with Gasteiger partial charge in [-0.25, -0.2) is 4.57 Å². The number of alkyl halides is 3. The molecule has 0 saturated heterocycles. The third kappa shape index (κ3) is 4.83. The van der Waals surface area contributed by atoms with Crippen LogP contribution in [-0.4, -0.2) is 16.0 Å². The average molecular weight is 192 g/mol. The van der Waals surface area contributed by atoms with Gasteiger partial charge in [-0.3, -0.25) is 9.79 Å². The molecular formula is C3H4F3O4P. The molecule has 0 amide bonds. The molecule has 0 aliphatic heterocycles. The van der Waals surface area contributed by atoms with Crippen LogP contribution < -0.4 is 0 Å². The van der Waals surface area contributed by atoms with Gasteiger partial charge >= 0.3 is 14.0 Å². The first-order valence-electron chi connectivity index (χ1n) is 2.14. The summed E-state index contributed by atoms with van der Waals surface area (Å²) in [5, 5.41) is 0. The normalized spacial score (nSPS) is 12.8. The molecule has 0 radical (unpaired) electrons. The Hall–Kier alpha value is -0.520. The first-order chi connectivity index (χ1) is 4.63. The van der Waals surface area contributed by atoms with Crippen LogP contribution in [0.25, 0.3) is 0 Å². The zero-order valence-electron chi connectivity index (χ0n) is 5.00. The van der Waals surface area contributed by atoms with Crippen LogP contribution in [-0.2, 0) is 9.09 Å². The highest BCUT2D eigenvalue weighted by atomic mass is 31.2. The van der Waals surface area contributed by atoms with Crippen molar-refractivity contribution >= 4 is 7.82 Å². The summed E-state index contributed by atoms with van der Waals surface area (Å²) < 4.78 is 47.2. The molecule has 0 unspecified atom stereocenters. The van der Waals surface area contributed by atoms with Crippen molar-refractivity contribution < 1.29 is 32.0 Å². The molecule has 0 saturated carbocycles. The maximum atomic E-state index is 11.4. The number of hydrogen-bond acceptors (Lipinski definition) is 2. The van der Waals surface area contributed by atoms with Crippen molar-refractivity contribution in [3.63, 3.8) is 0 Å². The van der Waals surface area contributed by atoms with Crippen LogP contribution in [0.5, 0.6) is 0 Å². The van der Waals surface area contributed by atoms with Crippen LogP contribution in [0.2, 0.25) is 0 Å². The summed E-state index contributed by atoms with van der Waals surface area (Å²) in [6.45, 7) is 2.27. The highest BCUT2D eigenvalue weighted by molar-refractivity contribution is 7.46. The fourth-order valence-corrected chi connectivity index (χ4v) is 0.586. The van der Waals surface area contributed by atoms with Gasteiger partial charge in [0, 0.05) is 0 Å². The molecule has 11 heavy (non-hydrogen) atoms. The number of phosphoric acid groups is 1. The summed E-state index contributed by atoms with van der Waals surface area (Å²) in [7, 11) is -5.14. The van der Waals surface area contributed by atoms with Gasteiger partial charge in [-0.15, -0.1) is 0 Å². The minimum absolute atomic E-state index is 1.91. The van der Waals surface area contributed by atoms with Crippen LogP contribution >= 0.6 is 7.82 Å². The number of phosphoric ester groups is 1. The monoisotopic (exact) mass is 192 g/mol. The third-order valence-corrected chi connectivity index (χ3v) is 1.00. The van der Waals surface area contributed by atoms with Crippen molar-refractivity contribution in [1.29, 1.82) is 0 Å². The van der Waals surface area contributed by atoms with Crippen molar-refractivity contribution in [1.82, 2.24) is 0 Å². The molecule has 0 aliphatic carbocycles.